The van der Waals surface area contributed by atoms with Crippen LogP contribution in [-0.2, 0) is 4.79 Å². The van der Waals surface area contributed by atoms with Gasteiger partial charge in [-0.15, -0.1) is 0 Å². The number of hydrogen-bond acceptors (Lipinski definition) is 7. The largest absolute Gasteiger partial charge is 0.320 e. The summed E-state index contributed by atoms with van der Waals surface area (Å²) in [5.41, 5.74) is 0. The van der Waals surface area contributed by atoms with Gasteiger partial charge in [0.05, 0.1) is 6.04 Å². The number of nitrogens with one attached hydrogen (secondary N) is 2. The summed E-state index contributed by atoms with van der Waals surface area (Å²) in [5, 5.41) is 5.94. The summed E-state index contributed by atoms with van der Waals surface area (Å²) in [6, 6.07) is 0.0208. The van der Waals surface area contributed by atoms with Gasteiger partial charge in [-0.3, -0.25) is 4.79 Å². The lowest BCUT2D eigenvalue weighted by atomic mass is 10.1. The lowest BCUT2D eigenvalue weighted by molar-refractivity contribution is -0.118. The van der Waals surface area contributed by atoms with Crippen molar-refractivity contribution in [2.45, 2.75) is 22.8 Å². The molecule has 0 aromatic carbocycles. The van der Waals surface area contributed by atoms with Gasteiger partial charge in [0.2, 0.25) is 0 Å². The molecule has 2 aliphatic heterocycles. The Morgan fingerprint density at radius 1 is 1.38 bits per heavy atom. The van der Waals surface area contributed by atoms with E-state index in [1.165, 1.54) is 5.75 Å². The standard InChI is InChI=1S/C7H16N2O.C2H2S4/c1-6(10)7(9-3)4-5-8-2;1-2(4-3-1)5-6-2/h7-9H,4-5H2,1-3H3;1H2/t7-;/m0./s1. The maximum atomic E-state index is 10.8. The minimum Gasteiger partial charge on any atom is -0.320 e. The number of ketones is 1. The Kier molecular flexibility index (Phi) is 6.99. The predicted molar refractivity (Wildman–Crippen MR) is 80.0 cm³/mol. The molecule has 0 aliphatic carbocycles. The summed E-state index contributed by atoms with van der Waals surface area (Å²) in [6.45, 7) is 2.49. The fourth-order valence-electron chi connectivity index (χ4n) is 1.12. The zero-order chi connectivity index (χ0) is 12.0. The van der Waals surface area contributed by atoms with Gasteiger partial charge in [0.15, 0.2) is 0 Å². The van der Waals surface area contributed by atoms with Crippen molar-refractivity contribution in [2.24, 2.45) is 0 Å². The van der Waals surface area contributed by atoms with E-state index in [-0.39, 0.29) is 11.8 Å². The van der Waals surface area contributed by atoms with Crippen molar-refractivity contribution in [3.63, 3.8) is 0 Å². The number of carbonyl (C=O) groups is 1. The van der Waals surface area contributed by atoms with Crippen LogP contribution in [0.5, 0.6) is 0 Å². The third kappa shape index (κ3) is 5.10. The molecule has 3 nitrogen and oxygen atoms in total. The van der Waals surface area contributed by atoms with E-state index in [4.69, 9.17) is 0 Å². The van der Waals surface area contributed by atoms with Crippen LogP contribution in [0.25, 0.3) is 0 Å². The Balaban J connectivity index is 0.000000176. The van der Waals surface area contributed by atoms with Crippen LogP contribution in [0, 0.1) is 0 Å². The van der Waals surface area contributed by atoms with E-state index < -0.39 is 0 Å². The Morgan fingerprint density at radius 2 is 2.00 bits per heavy atom. The summed E-state index contributed by atoms with van der Waals surface area (Å²) in [6.07, 6.45) is 0.863. The van der Waals surface area contributed by atoms with Gasteiger partial charge in [-0.05, 0) is 34.0 Å². The Morgan fingerprint density at radius 3 is 2.19 bits per heavy atom. The van der Waals surface area contributed by atoms with Crippen LogP contribution < -0.4 is 10.6 Å². The smallest absolute Gasteiger partial charge is 0.146 e. The van der Waals surface area contributed by atoms with E-state index in [9.17, 15) is 4.79 Å². The molecule has 0 amide bonds. The highest BCUT2D eigenvalue weighted by atomic mass is 33.2. The second-order valence-electron chi connectivity index (χ2n) is 3.54. The SMILES string of the molecule is C1SSC12SS2.CNCC[C@H](NC)C(C)=O. The van der Waals surface area contributed by atoms with Crippen molar-refractivity contribution in [3.8, 4) is 0 Å². The molecule has 1 atom stereocenters. The normalized spacial score (nSPS) is 21.7. The lowest BCUT2D eigenvalue weighted by Gasteiger charge is -2.17. The number of carbonyl (C=O) groups excluding carboxylic acids is 1. The molecule has 1 spiro atoms. The molecule has 0 aromatic rings. The molecule has 2 aliphatic rings. The van der Waals surface area contributed by atoms with Crippen LogP contribution in [0.15, 0.2) is 0 Å². The van der Waals surface area contributed by atoms with Crippen molar-refractivity contribution in [1.82, 2.24) is 10.6 Å². The van der Waals surface area contributed by atoms with Crippen molar-refractivity contribution >= 4 is 49.0 Å². The molecule has 94 valence electrons. The van der Waals surface area contributed by atoms with Gasteiger partial charge in [-0.1, -0.05) is 43.2 Å². The second kappa shape index (κ2) is 7.43. The first-order valence-corrected chi connectivity index (χ1v) is 9.60. The van der Waals surface area contributed by atoms with Crippen molar-refractivity contribution in [2.75, 3.05) is 26.4 Å². The second-order valence-corrected chi connectivity index (χ2v) is 9.64. The van der Waals surface area contributed by atoms with Crippen LogP contribution in [0.3, 0.4) is 0 Å². The molecular weight excluding hydrogens is 280 g/mol. The molecule has 7 heteroatoms. The molecule has 2 saturated heterocycles. The Bertz CT molecular complexity index is 230. The number of likely N-dealkylation sites (N-methyl/N-ethyl adjacent to an activating group) is 1. The average molecular weight is 299 g/mol. The molecule has 2 N–H and O–H groups in total. The molecule has 0 unspecified atom stereocenters. The minimum atomic E-state index is 0.0208. The highest BCUT2D eigenvalue weighted by Gasteiger charge is 2.53. The van der Waals surface area contributed by atoms with E-state index >= 15 is 0 Å². The van der Waals surface area contributed by atoms with E-state index in [0.29, 0.717) is 3.41 Å². The van der Waals surface area contributed by atoms with Crippen molar-refractivity contribution in [1.29, 1.82) is 0 Å². The number of rotatable bonds is 5. The van der Waals surface area contributed by atoms with E-state index in [2.05, 4.69) is 10.6 Å². The number of Topliss-reactive ketones (excluding diaryl/α,β-unsaturated/α-hetero) is 1. The summed E-state index contributed by atoms with van der Waals surface area (Å²) >= 11 is 0. The van der Waals surface area contributed by atoms with Gasteiger partial charge in [-0.2, -0.15) is 0 Å². The Hall–Kier alpha value is 0.990. The van der Waals surface area contributed by atoms with Crippen molar-refractivity contribution in [3.05, 3.63) is 0 Å². The van der Waals surface area contributed by atoms with Crippen LogP contribution in [0.2, 0.25) is 0 Å². The molecule has 0 aromatic heterocycles. The molecule has 0 radical (unpaired) electrons. The summed E-state index contributed by atoms with van der Waals surface area (Å²) in [7, 11) is 11.7. The van der Waals surface area contributed by atoms with Gasteiger partial charge >= 0.3 is 0 Å². The molecule has 2 fully saturated rings. The zero-order valence-corrected chi connectivity index (χ0v) is 13.0. The first-order chi connectivity index (χ1) is 7.63. The van der Waals surface area contributed by atoms with Gasteiger partial charge in [0, 0.05) is 5.75 Å². The zero-order valence-electron chi connectivity index (χ0n) is 9.74. The third-order valence-corrected chi connectivity index (χ3v) is 10.2. The minimum absolute atomic E-state index is 0.0208. The predicted octanol–water partition coefficient (Wildman–Crippen LogP) is 2.20. The first kappa shape index (κ1) is 15.0. The highest BCUT2D eigenvalue weighted by Crippen LogP contribution is 2.80. The fraction of sp³-hybridized carbons (Fsp3) is 0.889. The van der Waals surface area contributed by atoms with Crippen LogP contribution in [-0.4, -0.2) is 41.6 Å². The summed E-state index contributed by atoms with van der Waals surface area (Å²) in [4.78, 5) is 10.8. The quantitative estimate of drug-likeness (QED) is 0.596. The van der Waals surface area contributed by atoms with E-state index in [0.717, 1.165) is 13.0 Å². The fourth-order valence-corrected chi connectivity index (χ4v) is 8.24. The molecule has 16 heavy (non-hydrogen) atoms. The average Bonchev–Trinajstić information content (AvgIpc) is 2.98. The lowest BCUT2D eigenvalue weighted by Crippen LogP contribution is -2.34. The van der Waals surface area contributed by atoms with E-state index in [1.54, 1.807) is 6.92 Å². The maximum absolute atomic E-state index is 10.8. The van der Waals surface area contributed by atoms with Crippen molar-refractivity contribution < 1.29 is 4.79 Å². The maximum Gasteiger partial charge on any atom is 0.146 e. The van der Waals surface area contributed by atoms with Crippen LogP contribution in [0.1, 0.15) is 13.3 Å². The first-order valence-electron chi connectivity index (χ1n) is 5.13. The molecular formula is C9H18N2OS4. The molecule has 2 heterocycles. The third-order valence-electron chi connectivity index (χ3n) is 2.21. The molecule has 0 bridgehead atoms. The topological polar surface area (TPSA) is 41.1 Å². The summed E-state index contributed by atoms with van der Waals surface area (Å²) in [5.74, 6) is 1.57. The van der Waals surface area contributed by atoms with Gasteiger partial charge in [-0.25, -0.2) is 0 Å². The molecule has 2 rings (SSSR count). The van der Waals surface area contributed by atoms with Gasteiger partial charge in [0.25, 0.3) is 0 Å². The highest BCUT2D eigenvalue weighted by molar-refractivity contribution is 9.05. The van der Waals surface area contributed by atoms with Crippen LogP contribution in [0.4, 0.5) is 0 Å². The van der Waals surface area contributed by atoms with Crippen LogP contribution >= 0.6 is 43.2 Å². The monoisotopic (exact) mass is 298 g/mol. The number of hydrogen-bond donors (Lipinski definition) is 2. The van der Waals surface area contributed by atoms with Gasteiger partial charge < -0.3 is 10.6 Å². The summed E-state index contributed by atoms with van der Waals surface area (Å²) < 4.78 is 0.685. The Labute approximate surface area is 113 Å². The van der Waals surface area contributed by atoms with Gasteiger partial charge in [0.1, 0.15) is 9.19 Å². The molecule has 0 saturated carbocycles. The van der Waals surface area contributed by atoms with E-state index in [1.807, 2.05) is 57.3 Å².